The molecule has 2 heteroatoms. The van der Waals surface area contributed by atoms with E-state index in [1.54, 1.807) is 0 Å². The van der Waals surface area contributed by atoms with E-state index in [0.717, 1.165) is 31.3 Å². The molecule has 0 radical (unpaired) electrons. The van der Waals surface area contributed by atoms with Crippen LogP contribution in [0.1, 0.15) is 27.2 Å². The maximum Gasteiger partial charge on any atom is 0.0226 e. The molecular weight excluding hydrogens is 158 g/mol. The minimum atomic E-state index is 0.714. The maximum absolute atomic E-state index is 5.61. The van der Waals surface area contributed by atoms with Crippen molar-refractivity contribution in [1.82, 2.24) is 5.32 Å². The van der Waals surface area contributed by atoms with Crippen molar-refractivity contribution in [2.24, 2.45) is 11.8 Å². The molecule has 0 aliphatic rings. The highest BCUT2D eigenvalue weighted by molar-refractivity contribution is 6.17. The smallest absolute Gasteiger partial charge is 0.0226 e. The summed E-state index contributed by atoms with van der Waals surface area (Å²) in [5.41, 5.74) is 0. The first-order chi connectivity index (χ1) is 5.16. The molecular formula is C9H20ClN. The van der Waals surface area contributed by atoms with Crippen LogP contribution in [0.15, 0.2) is 0 Å². The zero-order valence-corrected chi connectivity index (χ0v) is 8.62. The molecule has 1 N–H and O–H groups in total. The predicted molar refractivity (Wildman–Crippen MR) is 52.2 cm³/mol. The van der Waals surface area contributed by atoms with Gasteiger partial charge in [0.1, 0.15) is 0 Å². The van der Waals surface area contributed by atoms with Crippen molar-refractivity contribution >= 4 is 11.6 Å². The molecule has 0 saturated carbocycles. The van der Waals surface area contributed by atoms with Gasteiger partial charge in [0.05, 0.1) is 0 Å². The van der Waals surface area contributed by atoms with Crippen LogP contribution in [0, 0.1) is 11.8 Å². The van der Waals surface area contributed by atoms with Crippen molar-refractivity contribution in [1.29, 1.82) is 0 Å². The summed E-state index contributed by atoms with van der Waals surface area (Å²) in [5, 5.41) is 3.41. The average Bonchev–Trinajstić information content (AvgIpc) is 1.87. The molecule has 68 valence electrons. The highest BCUT2D eigenvalue weighted by atomic mass is 35.5. The molecule has 0 aromatic heterocycles. The summed E-state index contributed by atoms with van der Waals surface area (Å²) >= 11 is 5.61. The van der Waals surface area contributed by atoms with E-state index in [2.05, 4.69) is 26.1 Å². The van der Waals surface area contributed by atoms with Gasteiger partial charge in [-0.2, -0.15) is 0 Å². The Bertz CT molecular complexity index is 83.6. The Morgan fingerprint density at radius 1 is 1.18 bits per heavy atom. The first-order valence-electron chi connectivity index (χ1n) is 4.43. The lowest BCUT2D eigenvalue weighted by Crippen LogP contribution is -2.25. The van der Waals surface area contributed by atoms with Gasteiger partial charge in [-0.15, -0.1) is 11.6 Å². The fourth-order valence-electron chi connectivity index (χ4n) is 0.907. The third kappa shape index (κ3) is 8.15. The Hall–Kier alpha value is 0.250. The molecule has 0 aromatic rings. The summed E-state index contributed by atoms with van der Waals surface area (Å²) in [6.45, 7) is 8.89. The summed E-state index contributed by atoms with van der Waals surface area (Å²) in [6, 6.07) is 0. The summed E-state index contributed by atoms with van der Waals surface area (Å²) in [6.07, 6.45) is 1.12. The minimum Gasteiger partial charge on any atom is -0.316 e. The zero-order valence-electron chi connectivity index (χ0n) is 7.86. The molecule has 0 aliphatic heterocycles. The van der Waals surface area contributed by atoms with Crippen molar-refractivity contribution in [2.45, 2.75) is 27.2 Å². The molecule has 0 spiro atoms. The summed E-state index contributed by atoms with van der Waals surface area (Å²) in [7, 11) is 0. The molecule has 0 heterocycles. The van der Waals surface area contributed by atoms with E-state index in [4.69, 9.17) is 11.6 Å². The van der Waals surface area contributed by atoms with Gasteiger partial charge in [0, 0.05) is 5.88 Å². The van der Waals surface area contributed by atoms with Gasteiger partial charge in [0.2, 0.25) is 0 Å². The van der Waals surface area contributed by atoms with Gasteiger partial charge in [0.25, 0.3) is 0 Å². The van der Waals surface area contributed by atoms with E-state index >= 15 is 0 Å². The molecule has 0 aliphatic carbocycles. The van der Waals surface area contributed by atoms with E-state index in [1.165, 1.54) is 0 Å². The molecule has 0 bridgehead atoms. The van der Waals surface area contributed by atoms with Crippen LogP contribution in [-0.4, -0.2) is 19.0 Å². The Morgan fingerprint density at radius 3 is 2.27 bits per heavy atom. The normalized spacial score (nSPS) is 13.9. The summed E-state index contributed by atoms with van der Waals surface area (Å²) < 4.78 is 0. The zero-order chi connectivity index (χ0) is 8.69. The van der Waals surface area contributed by atoms with Gasteiger partial charge < -0.3 is 5.32 Å². The third-order valence-corrected chi connectivity index (χ3v) is 1.87. The van der Waals surface area contributed by atoms with Gasteiger partial charge >= 0.3 is 0 Å². The van der Waals surface area contributed by atoms with Crippen LogP contribution < -0.4 is 5.32 Å². The predicted octanol–water partition coefficient (Wildman–Crippen LogP) is 2.50. The van der Waals surface area contributed by atoms with Crippen LogP contribution in [0.4, 0.5) is 0 Å². The van der Waals surface area contributed by atoms with E-state index in [0.29, 0.717) is 5.92 Å². The third-order valence-electron chi connectivity index (χ3n) is 1.65. The number of hydrogen-bond donors (Lipinski definition) is 1. The molecule has 0 fully saturated rings. The summed E-state index contributed by atoms with van der Waals surface area (Å²) in [5.74, 6) is 2.24. The van der Waals surface area contributed by atoms with Crippen molar-refractivity contribution < 1.29 is 0 Å². The van der Waals surface area contributed by atoms with Crippen LogP contribution in [0.3, 0.4) is 0 Å². The first-order valence-corrected chi connectivity index (χ1v) is 4.97. The number of hydrogen-bond acceptors (Lipinski definition) is 1. The van der Waals surface area contributed by atoms with Crippen LogP contribution >= 0.6 is 11.6 Å². The number of rotatable bonds is 6. The molecule has 0 saturated heterocycles. The van der Waals surface area contributed by atoms with Crippen molar-refractivity contribution in [3.63, 3.8) is 0 Å². The second-order valence-corrected chi connectivity index (χ2v) is 4.01. The quantitative estimate of drug-likeness (QED) is 0.615. The van der Waals surface area contributed by atoms with Gasteiger partial charge in [-0.05, 0) is 31.3 Å². The molecule has 1 unspecified atom stereocenters. The number of alkyl halides is 1. The molecule has 11 heavy (non-hydrogen) atoms. The van der Waals surface area contributed by atoms with Crippen molar-refractivity contribution in [3.8, 4) is 0 Å². The summed E-state index contributed by atoms with van der Waals surface area (Å²) in [4.78, 5) is 0. The molecule has 1 nitrogen and oxygen atoms in total. The lowest BCUT2D eigenvalue weighted by atomic mass is 10.1. The second-order valence-electron chi connectivity index (χ2n) is 3.63. The van der Waals surface area contributed by atoms with Gasteiger partial charge in [0.15, 0.2) is 0 Å². The van der Waals surface area contributed by atoms with Crippen molar-refractivity contribution in [3.05, 3.63) is 0 Å². The molecule has 0 amide bonds. The van der Waals surface area contributed by atoms with Crippen LogP contribution in [0.2, 0.25) is 0 Å². The fraction of sp³-hybridized carbons (Fsp3) is 1.00. The molecule has 1 atom stereocenters. The Labute approximate surface area is 75.5 Å². The lowest BCUT2D eigenvalue weighted by Gasteiger charge is -2.12. The largest absolute Gasteiger partial charge is 0.316 e. The number of nitrogens with one attached hydrogen (secondary N) is 1. The first kappa shape index (κ1) is 11.2. The number of halogens is 1. The topological polar surface area (TPSA) is 12.0 Å². The maximum atomic E-state index is 5.61. The Balaban J connectivity index is 3.10. The lowest BCUT2D eigenvalue weighted by molar-refractivity contribution is 0.468. The van der Waals surface area contributed by atoms with E-state index < -0.39 is 0 Å². The van der Waals surface area contributed by atoms with Crippen LogP contribution in [-0.2, 0) is 0 Å². The molecule has 0 aromatic carbocycles. The van der Waals surface area contributed by atoms with E-state index in [9.17, 15) is 0 Å². The van der Waals surface area contributed by atoms with Gasteiger partial charge in [-0.25, -0.2) is 0 Å². The Kier molecular flexibility index (Phi) is 7.09. The van der Waals surface area contributed by atoms with E-state index in [1.807, 2.05) is 0 Å². The van der Waals surface area contributed by atoms with Crippen LogP contribution in [0.25, 0.3) is 0 Å². The highest BCUT2D eigenvalue weighted by Crippen LogP contribution is 2.01. The monoisotopic (exact) mass is 177 g/mol. The highest BCUT2D eigenvalue weighted by Gasteiger charge is 2.00. The SMILES string of the molecule is CC(C)CNCC(C)CCCl. The molecule has 0 rings (SSSR count). The standard InChI is InChI=1S/C9H20ClN/c1-8(2)6-11-7-9(3)4-5-10/h8-9,11H,4-7H2,1-3H3. The van der Waals surface area contributed by atoms with Gasteiger partial charge in [-0.3, -0.25) is 0 Å². The fourth-order valence-corrected chi connectivity index (χ4v) is 1.28. The van der Waals surface area contributed by atoms with E-state index in [-0.39, 0.29) is 0 Å². The average molecular weight is 178 g/mol. The Morgan fingerprint density at radius 2 is 1.82 bits per heavy atom. The second kappa shape index (κ2) is 6.93. The van der Waals surface area contributed by atoms with Gasteiger partial charge in [-0.1, -0.05) is 20.8 Å². The van der Waals surface area contributed by atoms with Crippen molar-refractivity contribution in [2.75, 3.05) is 19.0 Å². The minimum absolute atomic E-state index is 0.714. The van der Waals surface area contributed by atoms with Crippen LogP contribution in [0.5, 0.6) is 0 Å².